The minimum Gasteiger partial charge on any atom is -0.380 e. The fourth-order valence-corrected chi connectivity index (χ4v) is 3.91. The van der Waals surface area contributed by atoms with Gasteiger partial charge in [0, 0.05) is 29.8 Å². The summed E-state index contributed by atoms with van der Waals surface area (Å²) in [6.45, 7) is 3.13. The maximum Gasteiger partial charge on any atom is 0.233 e. The van der Waals surface area contributed by atoms with Gasteiger partial charge in [-0.1, -0.05) is 61.0 Å². The van der Waals surface area contributed by atoms with Gasteiger partial charge in [0.15, 0.2) is 0 Å². The van der Waals surface area contributed by atoms with Crippen molar-refractivity contribution < 1.29 is 9.59 Å². The molecule has 4 heteroatoms. The van der Waals surface area contributed by atoms with Crippen LogP contribution < -0.4 is 5.32 Å². The molecule has 0 bridgehead atoms. The molecule has 2 aliphatic rings. The number of piperidine rings is 1. The quantitative estimate of drug-likeness (QED) is 0.830. The number of carbonyl (C=O) groups excluding carboxylic acids is 2. The molecule has 1 N–H and O–H groups in total. The second-order valence-corrected chi connectivity index (χ2v) is 7.23. The van der Waals surface area contributed by atoms with E-state index in [4.69, 9.17) is 0 Å². The Bertz CT molecular complexity index is 880. The number of nitrogens with zero attached hydrogens (tertiary/aromatic N) is 1. The van der Waals surface area contributed by atoms with Gasteiger partial charge in [0.2, 0.25) is 11.6 Å². The highest BCUT2D eigenvalue weighted by molar-refractivity contribution is 6.52. The van der Waals surface area contributed by atoms with Gasteiger partial charge in [0.25, 0.3) is 0 Å². The van der Waals surface area contributed by atoms with Crippen LogP contribution in [0.4, 0.5) is 0 Å². The first-order chi connectivity index (χ1) is 13.2. The van der Waals surface area contributed by atoms with Crippen molar-refractivity contribution in [2.75, 3.05) is 19.6 Å². The van der Waals surface area contributed by atoms with Crippen LogP contribution in [0.5, 0.6) is 0 Å². The van der Waals surface area contributed by atoms with E-state index < -0.39 is 0 Å². The van der Waals surface area contributed by atoms with E-state index in [1.54, 1.807) is 6.07 Å². The Labute approximate surface area is 159 Å². The van der Waals surface area contributed by atoms with Crippen LogP contribution in [0.2, 0.25) is 0 Å². The van der Waals surface area contributed by atoms with Crippen molar-refractivity contribution in [3.63, 3.8) is 0 Å². The Balaban J connectivity index is 1.70. The van der Waals surface area contributed by atoms with E-state index in [1.807, 2.05) is 36.4 Å². The van der Waals surface area contributed by atoms with Crippen LogP contribution in [-0.2, 0) is 11.3 Å². The highest BCUT2D eigenvalue weighted by atomic mass is 16.2. The summed E-state index contributed by atoms with van der Waals surface area (Å²) in [4.78, 5) is 27.9. The SMILES string of the molecule is O=C1C(=O)c2ccccc2C(NCc2ccccc2)=C1CN1CCCCC1. The van der Waals surface area contributed by atoms with E-state index in [9.17, 15) is 9.59 Å². The topological polar surface area (TPSA) is 49.4 Å². The molecular weight excluding hydrogens is 336 g/mol. The molecule has 1 fully saturated rings. The highest BCUT2D eigenvalue weighted by Gasteiger charge is 2.33. The largest absolute Gasteiger partial charge is 0.380 e. The summed E-state index contributed by atoms with van der Waals surface area (Å²) in [6.07, 6.45) is 3.54. The van der Waals surface area contributed by atoms with Crippen molar-refractivity contribution in [1.29, 1.82) is 0 Å². The van der Waals surface area contributed by atoms with Crippen molar-refractivity contribution in [3.8, 4) is 0 Å². The Kier molecular flexibility index (Phi) is 5.16. The minimum absolute atomic E-state index is 0.366. The van der Waals surface area contributed by atoms with Gasteiger partial charge in [-0.2, -0.15) is 0 Å². The number of likely N-dealkylation sites (tertiary alicyclic amines) is 1. The first-order valence-corrected chi connectivity index (χ1v) is 9.66. The third-order valence-corrected chi connectivity index (χ3v) is 5.37. The van der Waals surface area contributed by atoms with E-state index in [-0.39, 0.29) is 11.6 Å². The van der Waals surface area contributed by atoms with E-state index in [1.165, 1.54) is 6.42 Å². The number of nitrogens with one attached hydrogen (secondary N) is 1. The number of fused-ring (bicyclic) bond motifs is 1. The number of hydrogen-bond acceptors (Lipinski definition) is 4. The number of rotatable bonds is 5. The average molecular weight is 360 g/mol. The summed E-state index contributed by atoms with van der Waals surface area (Å²) in [5, 5.41) is 3.46. The zero-order valence-corrected chi connectivity index (χ0v) is 15.4. The standard InChI is InChI=1S/C23H24N2O2/c26-22-19-12-6-5-11-18(19)21(24-15-17-9-3-1-4-10-17)20(23(22)27)16-25-13-7-2-8-14-25/h1,3-6,9-12,24H,2,7-8,13-16H2. The number of Topliss-reactive ketones (excluding diaryl/α,β-unsaturated/α-hetero) is 2. The van der Waals surface area contributed by atoms with Crippen LogP contribution in [0.25, 0.3) is 5.70 Å². The second kappa shape index (κ2) is 7.89. The Hall–Kier alpha value is -2.72. The number of carbonyl (C=O) groups is 2. The molecule has 0 amide bonds. The van der Waals surface area contributed by atoms with E-state index in [0.29, 0.717) is 24.2 Å². The van der Waals surface area contributed by atoms with Gasteiger partial charge < -0.3 is 5.32 Å². The zero-order chi connectivity index (χ0) is 18.6. The third kappa shape index (κ3) is 3.71. The predicted molar refractivity (Wildman–Crippen MR) is 106 cm³/mol. The molecule has 1 aliphatic carbocycles. The molecule has 2 aromatic rings. The van der Waals surface area contributed by atoms with Crippen molar-refractivity contribution in [1.82, 2.24) is 10.2 Å². The van der Waals surface area contributed by atoms with Crippen molar-refractivity contribution in [3.05, 3.63) is 76.9 Å². The maximum atomic E-state index is 12.9. The molecule has 27 heavy (non-hydrogen) atoms. The molecule has 0 radical (unpaired) electrons. The lowest BCUT2D eigenvalue weighted by atomic mass is 9.86. The highest BCUT2D eigenvalue weighted by Crippen LogP contribution is 2.29. The average Bonchev–Trinajstić information content (AvgIpc) is 2.73. The molecule has 0 saturated carbocycles. The molecule has 1 aliphatic heterocycles. The fraction of sp³-hybridized carbons (Fsp3) is 0.304. The van der Waals surface area contributed by atoms with Crippen LogP contribution in [-0.4, -0.2) is 36.1 Å². The smallest absolute Gasteiger partial charge is 0.233 e. The third-order valence-electron chi connectivity index (χ3n) is 5.37. The zero-order valence-electron chi connectivity index (χ0n) is 15.4. The van der Waals surface area contributed by atoms with Gasteiger partial charge in [-0.05, 0) is 31.5 Å². The maximum absolute atomic E-state index is 12.9. The molecule has 0 atom stereocenters. The fourth-order valence-electron chi connectivity index (χ4n) is 3.91. The van der Waals surface area contributed by atoms with Crippen LogP contribution in [0, 0.1) is 0 Å². The minimum atomic E-state index is -0.386. The molecule has 0 aromatic heterocycles. The summed E-state index contributed by atoms with van der Waals surface area (Å²) >= 11 is 0. The number of benzene rings is 2. The Morgan fingerprint density at radius 2 is 1.44 bits per heavy atom. The molecule has 1 saturated heterocycles. The van der Waals surface area contributed by atoms with Crippen molar-refractivity contribution in [2.24, 2.45) is 0 Å². The Morgan fingerprint density at radius 1 is 0.778 bits per heavy atom. The lowest BCUT2D eigenvalue weighted by molar-refractivity contribution is -0.112. The molecule has 4 rings (SSSR count). The van der Waals surface area contributed by atoms with E-state index >= 15 is 0 Å². The lowest BCUT2D eigenvalue weighted by Gasteiger charge is -2.30. The normalized spacial score (nSPS) is 17.8. The van der Waals surface area contributed by atoms with Crippen LogP contribution in [0.15, 0.2) is 60.2 Å². The summed E-state index contributed by atoms with van der Waals surface area (Å²) in [5.74, 6) is -0.752. The summed E-state index contributed by atoms with van der Waals surface area (Å²) < 4.78 is 0. The Morgan fingerprint density at radius 3 is 2.19 bits per heavy atom. The monoisotopic (exact) mass is 360 g/mol. The first-order valence-electron chi connectivity index (χ1n) is 9.66. The molecule has 138 valence electrons. The van der Waals surface area contributed by atoms with E-state index in [0.717, 1.165) is 42.8 Å². The van der Waals surface area contributed by atoms with E-state index in [2.05, 4.69) is 22.3 Å². The molecule has 0 unspecified atom stereocenters. The summed E-state index contributed by atoms with van der Waals surface area (Å²) in [7, 11) is 0. The summed E-state index contributed by atoms with van der Waals surface area (Å²) in [5.41, 5.74) is 3.90. The molecule has 4 nitrogen and oxygen atoms in total. The molecular formula is C23H24N2O2. The summed E-state index contributed by atoms with van der Waals surface area (Å²) in [6, 6.07) is 17.5. The van der Waals surface area contributed by atoms with Crippen LogP contribution in [0.1, 0.15) is 40.7 Å². The van der Waals surface area contributed by atoms with Gasteiger partial charge in [-0.25, -0.2) is 0 Å². The molecule has 1 heterocycles. The second-order valence-electron chi connectivity index (χ2n) is 7.23. The van der Waals surface area contributed by atoms with Gasteiger partial charge in [0.1, 0.15) is 0 Å². The van der Waals surface area contributed by atoms with Crippen LogP contribution in [0.3, 0.4) is 0 Å². The van der Waals surface area contributed by atoms with Crippen LogP contribution >= 0.6 is 0 Å². The molecule has 0 spiro atoms. The van der Waals surface area contributed by atoms with Gasteiger partial charge >= 0.3 is 0 Å². The number of ketones is 2. The van der Waals surface area contributed by atoms with Gasteiger partial charge in [-0.15, -0.1) is 0 Å². The predicted octanol–water partition coefficient (Wildman–Crippen LogP) is 3.44. The first kappa shape index (κ1) is 17.7. The lowest BCUT2D eigenvalue weighted by Crippen LogP contribution is -2.38. The van der Waals surface area contributed by atoms with Crippen molar-refractivity contribution >= 4 is 17.3 Å². The number of hydrogen-bond donors (Lipinski definition) is 1. The van der Waals surface area contributed by atoms with Gasteiger partial charge in [0.05, 0.1) is 5.70 Å². The van der Waals surface area contributed by atoms with Gasteiger partial charge in [-0.3, -0.25) is 14.5 Å². The molecule has 2 aromatic carbocycles. The van der Waals surface area contributed by atoms with Crippen molar-refractivity contribution in [2.45, 2.75) is 25.8 Å².